The van der Waals surface area contributed by atoms with Crippen LogP contribution in [0, 0.1) is 6.92 Å². The fourth-order valence-corrected chi connectivity index (χ4v) is 3.50. The lowest BCUT2D eigenvalue weighted by atomic mass is 10.0. The quantitative estimate of drug-likeness (QED) is 0.794. The van der Waals surface area contributed by atoms with E-state index in [9.17, 15) is 9.59 Å². The molecule has 2 amide bonds. The third-order valence-corrected chi connectivity index (χ3v) is 5.06. The van der Waals surface area contributed by atoms with Crippen LogP contribution in [0.25, 0.3) is 11.3 Å². The van der Waals surface area contributed by atoms with E-state index in [-0.39, 0.29) is 17.9 Å². The molecule has 0 spiro atoms. The zero-order valence-electron chi connectivity index (χ0n) is 16.7. The Balaban J connectivity index is 1.50. The Bertz CT molecular complexity index is 798. The lowest BCUT2D eigenvalue weighted by Gasteiger charge is -2.33. The monoisotopic (exact) mass is 383 g/mol. The number of benzene rings is 1. The average molecular weight is 383 g/mol. The minimum absolute atomic E-state index is 0.0617. The molecule has 0 aliphatic carbocycles. The summed E-state index contributed by atoms with van der Waals surface area (Å²) in [6.45, 7) is 5.37. The number of hydrogen-bond acceptors (Lipinski definition) is 4. The summed E-state index contributed by atoms with van der Waals surface area (Å²) < 4.78 is 5.81. The van der Waals surface area contributed by atoms with E-state index in [1.807, 2.05) is 43.0 Å². The Hall–Kier alpha value is -2.63. The number of piperidine rings is 1. The maximum atomic E-state index is 12.6. The molecular weight excluding hydrogens is 354 g/mol. The van der Waals surface area contributed by atoms with Gasteiger partial charge in [-0.2, -0.15) is 0 Å². The van der Waals surface area contributed by atoms with Gasteiger partial charge < -0.3 is 14.6 Å². The standard InChI is InChI=1S/C22H29N3O3/c1-3-5-20(26)24-18-6-4-13-25(15-18)22(27)12-11-21-23-14-19(28-21)17-9-7-16(2)8-10-17/h7-10,14,18H,3-6,11-13,15H2,1-2H3,(H,24,26). The molecule has 1 atom stereocenters. The number of hydrogen-bond donors (Lipinski definition) is 1. The molecule has 1 saturated heterocycles. The lowest BCUT2D eigenvalue weighted by molar-refractivity contribution is -0.133. The SMILES string of the molecule is CCCC(=O)NC1CCCN(C(=O)CCc2ncc(-c3ccc(C)cc3)o2)C1. The summed E-state index contributed by atoms with van der Waals surface area (Å²) in [6.07, 6.45) is 5.78. The summed E-state index contributed by atoms with van der Waals surface area (Å²) in [5.41, 5.74) is 2.18. The van der Waals surface area contributed by atoms with Gasteiger partial charge >= 0.3 is 0 Å². The molecule has 3 rings (SSSR count). The van der Waals surface area contributed by atoms with E-state index in [0.29, 0.717) is 31.7 Å². The molecule has 1 N–H and O–H groups in total. The van der Waals surface area contributed by atoms with E-state index in [0.717, 1.165) is 37.1 Å². The Morgan fingerprint density at radius 1 is 1.25 bits per heavy atom. The van der Waals surface area contributed by atoms with Gasteiger partial charge in [-0.1, -0.05) is 36.8 Å². The zero-order valence-corrected chi connectivity index (χ0v) is 16.7. The first-order chi connectivity index (χ1) is 13.5. The van der Waals surface area contributed by atoms with E-state index < -0.39 is 0 Å². The van der Waals surface area contributed by atoms with Crippen molar-refractivity contribution in [1.82, 2.24) is 15.2 Å². The maximum absolute atomic E-state index is 12.6. The Morgan fingerprint density at radius 3 is 2.79 bits per heavy atom. The first kappa shape index (κ1) is 20.1. The molecular formula is C22H29N3O3. The van der Waals surface area contributed by atoms with Crippen LogP contribution in [0.4, 0.5) is 0 Å². The summed E-state index contributed by atoms with van der Waals surface area (Å²) in [6, 6.07) is 8.14. The van der Waals surface area contributed by atoms with E-state index in [2.05, 4.69) is 10.3 Å². The molecule has 150 valence electrons. The molecule has 1 aliphatic rings. The van der Waals surface area contributed by atoms with E-state index in [1.165, 1.54) is 5.56 Å². The number of nitrogens with zero attached hydrogens (tertiary/aromatic N) is 2. The van der Waals surface area contributed by atoms with Crippen LogP contribution in [0.1, 0.15) is 50.5 Å². The van der Waals surface area contributed by atoms with Crippen molar-refractivity contribution in [3.63, 3.8) is 0 Å². The highest BCUT2D eigenvalue weighted by atomic mass is 16.4. The summed E-state index contributed by atoms with van der Waals surface area (Å²) in [5, 5.41) is 3.04. The normalized spacial score (nSPS) is 16.8. The first-order valence-electron chi connectivity index (χ1n) is 10.1. The number of likely N-dealkylation sites (tertiary alicyclic amines) is 1. The highest BCUT2D eigenvalue weighted by molar-refractivity contribution is 5.78. The van der Waals surface area contributed by atoms with Gasteiger partial charge in [0.2, 0.25) is 11.8 Å². The van der Waals surface area contributed by atoms with Crippen molar-refractivity contribution in [3.8, 4) is 11.3 Å². The van der Waals surface area contributed by atoms with Crippen molar-refractivity contribution in [2.45, 2.75) is 58.4 Å². The number of oxazole rings is 1. The summed E-state index contributed by atoms with van der Waals surface area (Å²) in [5.74, 6) is 1.46. The van der Waals surface area contributed by atoms with Gasteiger partial charge in [-0.05, 0) is 26.2 Å². The van der Waals surface area contributed by atoms with Gasteiger partial charge in [-0.3, -0.25) is 9.59 Å². The molecule has 0 bridgehead atoms. The second-order valence-electron chi connectivity index (χ2n) is 7.48. The van der Waals surface area contributed by atoms with Crippen molar-refractivity contribution < 1.29 is 14.0 Å². The highest BCUT2D eigenvalue weighted by Crippen LogP contribution is 2.21. The maximum Gasteiger partial charge on any atom is 0.223 e. The minimum atomic E-state index is 0.0617. The van der Waals surface area contributed by atoms with Crippen LogP contribution in [-0.2, 0) is 16.0 Å². The molecule has 28 heavy (non-hydrogen) atoms. The minimum Gasteiger partial charge on any atom is -0.441 e. The van der Waals surface area contributed by atoms with E-state index in [4.69, 9.17) is 4.42 Å². The summed E-state index contributed by atoms with van der Waals surface area (Å²) >= 11 is 0. The predicted octanol–water partition coefficient (Wildman–Crippen LogP) is 3.49. The van der Waals surface area contributed by atoms with Gasteiger partial charge in [0.25, 0.3) is 0 Å². The lowest BCUT2D eigenvalue weighted by Crippen LogP contribution is -2.49. The summed E-state index contributed by atoms with van der Waals surface area (Å²) in [4.78, 5) is 30.6. The molecule has 6 heteroatoms. The number of carbonyl (C=O) groups excluding carboxylic acids is 2. The third-order valence-electron chi connectivity index (χ3n) is 5.06. The molecule has 1 aromatic carbocycles. The average Bonchev–Trinajstić information content (AvgIpc) is 3.16. The highest BCUT2D eigenvalue weighted by Gasteiger charge is 2.24. The van der Waals surface area contributed by atoms with Gasteiger partial charge in [-0.15, -0.1) is 0 Å². The molecule has 1 aromatic heterocycles. The van der Waals surface area contributed by atoms with Crippen LogP contribution >= 0.6 is 0 Å². The van der Waals surface area contributed by atoms with Crippen LogP contribution in [0.3, 0.4) is 0 Å². The van der Waals surface area contributed by atoms with Gasteiger partial charge in [0, 0.05) is 44.0 Å². The number of aryl methyl sites for hydroxylation is 2. The van der Waals surface area contributed by atoms with E-state index >= 15 is 0 Å². The van der Waals surface area contributed by atoms with Crippen molar-refractivity contribution in [2.24, 2.45) is 0 Å². The number of amides is 2. The summed E-state index contributed by atoms with van der Waals surface area (Å²) in [7, 11) is 0. The topological polar surface area (TPSA) is 75.4 Å². The van der Waals surface area contributed by atoms with Gasteiger partial charge in [0.1, 0.15) is 0 Å². The molecule has 0 radical (unpaired) electrons. The molecule has 1 aliphatic heterocycles. The third kappa shape index (κ3) is 5.44. The van der Waals surface area contributed by atoms with Crippen LogP contribution in [0.5, 0.6) is 0 Å². The Kier molecular flexibility index (Phi) is 6.85. The van der Waals surface area contributed by atoms with Crippen molar-refractivity contribution in [2.75, 3.05) is 13.1 Å². The van der Waals surface area contributed by atoms with Crippen LogP contribution in [0.15, 0.2) is 34.9 Å². The van der Waals surface area contributed by atoms with Crippen molar-refractivity contribution in [1.29, 1.82) is 0 Å². The molecule has 2 heterocycles. The second-order valence-corrected chi connectivity index (χ2v) is 7.48. The van der Waals surface area contributed by atoms with Crippen LogP contribution in [-0.4, -0.2) is 40.8 Å². The molecule has 2 aromatic rings. The molecule has 1 fully saturated rings. The fraction of sp³-hybridized carbons (Fsp3) is 0.500. The number of nitrogens with one attached hydrogen (secondary N) is 1. The largest absolute Gasteiger partial charge is 0.441 e. The number of aromatic nitrogens is 1. The molecule has 0 saturated carbocycles. The second kappa shape index (κ2) is 9.53. The zero-order chi connectivity index (χ0) is 19.9. The van der Waals surface area contributed by atoms with Gasteiger partial charge in [0.05, 0.1) is 6.20 Å². The number of rotatable bonds is 7. The van der Waals surface area contributed by atoms with Gasteiger partial charge in [-0.25, -0.2) is 4.98 Å². The smallest absolute Gasteiger partial charge is 0.223 e. The number of carbonyl (C=O) groups is 2. The Labute approximate surface area is 166 Å². The first-order valence-corrected chi connectivity index (χ1v) is 10.1. The fourth-order valence-electron chi connectivity index (χ4n) is 3.50. The van der Waals surface area contributed by atoms with Crippen molar-refractivity contribution in [3.05, 3.63) is 41.9 Å². The molecule has 1 unspecified atom stereocenters. The predicted molar refractivity (Wildman–Crippen MR) is 108 cm³/mol. The van der Waals surface area contributed by atoms with Crippen LogP contribution in [0.2, 0.25) is 0 Å². The Morgan fingerprint density at radius 2 is 2.04 bits per heavy atom. The van der Waals surface area contributed by atoms with Gasteiger partial charge in [0.15, 0.2) is 11.7 Å². The van der Waals surface area contributed by atoms with E-state index in [1.54, 1.807) is 6.20 Å². The van der Waals surface area contributed by atoms with Crippen molar-refractivity contribution >= 4 is 11.8 Å². The molecule has 6 nitrogen and oxygen atoms in total. The van der Waals surface area contributed by atoms with Crippen LogP contribution < -0.4 is 5.32 Å².